The maximum Gasteiger partial charge on any atom is 0.326 e. The van der Waals surface area contributed by atoms with Crippen LogP contribution in [0.5, 0.6) is 0 Å². The second kappa shape index (κ2) is 49.9. The van der Waals surface area contributed by atoms with E-state index in [1.807, 2.05) is 0 Å². The van der Waals surface area contributed by atoms with Crippen molar-refractivity contribution in [2.24, 2.45) is 0 Å². The molecular weight excluding hydrogens is 1050 g/mol. The molecule has 16 nitrogen and oxygen atoms in total. The summed E-state index contributed by atoms with van der Waals surface area (Å²) in [6, 6.07) is 2.52. The lowest BCUT2D eigenvalue weighted by atomic mass is 9.98. The fraction of sp³-hybridized carbons (Fsp3) is 0.821. The highest BCUT2D eigenvalue weighted by atomic mass is 16.7. The molecule has 1 aliphatic rings. The monoisotopic (exact) mass is 1170 g/mol. The van der Waals surface area contributed by atoms with E-state index in [9.17, 15) is 39.0 Å². The van der Waals surface area contributed by atoms with E-state index in [0.29, 0.717) is 37.1 Å². The van der Waals surface area contributed by atoms with Gasteiger partial charge in [-0.25, -0.2) is 14.4 Å². The molecule has 4 unspecified atom stereocenters. The second-order valence-electron chi connectivity index (χ2n) is 24.1. The Morgan fingerprint density at radius 2 is 0.855 bits per heavy atom. The molecule has 0 aliphatic carbocycles. The fourth-order valence-electron chi connectivity index (χ4n) is 11.2. The SMILES string of the molecule is CCCCCCCCCCCCCCCCCCCC1(CCCCCCCCCCCCCCCCC)OCC(CCN(C)CCCCCNC(=O)c2ccc(C(=O)NCCCCC(NC(=O)NC(CCC(=O)O)C(=O)O)C(=O)O)cc2)O1. The molecule has 2 rings (SSSR count). The molecule has 83 heavy (non-hydrogen) atoms. The van der Waals surface area contributed by atoms with Gasteiger partial charge in [0, 0.05) is 50.0 Å². The zero-order valence-corrected chi connectivity index (χ0v) is 52.5. The number of hydrogen-bond donors (Lipinski definition) is 7. The Labute approximate surface area is 502 Å². The first-order chi connectivity index (χ1) is 40.3. The molecule has 1 saturated heterocycles. The molecule has 16 heteroatoms. The number of amides is 4. The second-order valence-corrected chi connectivity index (χ2v) is 24.1. The molecule has 0 radical (unpaired) electrons. The van der Waals surface area contributed by atoms with Gasteiger partial charge in [-0.2, -0.15) is 0 Å². The molecule has 0 saturated carbocycles. The van der Waals surface area contributed by atoms with Crippen molar-refractivity contribution in [1.82, 2.24) is 26.2 Å². The highest BCUT2D eigenvalue weighted by molar-refractivity contribution is 5.97. The van der Waals surface area contributed by atoms with Crippen molar-refractivity contribution >= 4 is 35.8 Å². The number of carbonyl (C=O) groups is 6. The first kappa shape index (κ1) is 74.8. The smallest absolute Gasteiger partial charge is 0.326 e. The molecule has 0 bridgehead atoms. The number of rotatable bonds is 57. The number of benzene rings is 1. The van der Waals surface area contributed by atoms with E-state index in [0.717, 1.165) is 51.6 Å². The first-order valence-corrected chi connectivity index (χ1v) is 33.7. The summed E-state index contributed by atoms with van der Waals surface area (Å²) < 4.78 is 13.5. The molecular formula is C67H119N5O11. The minimum atomic E-state index is -1.49. The van der Waals surface area contributed by atoms with Crippen molar-refractivity contribution in [2.45, 2.75) is 314 Å². The Balaban J connectivity index is 1.65. The third kappa shape index (κ3) is 39.9. The summed E-state index contributed by atoms with van der Waals surface area (Å²) in [6.45, 7) is 7.98. The number of urea groups is 1. The summed E-state index contributed by atoms with van der Waals surface area (Å²) in [5.74, 6) is -4.97. The van der Waals surface area contributed by atoms with Gasteiger partial charge in [0.1, 0.15) is 12.1 Å². The van der Waals surface area contributed by atoms with E-state index in [1.165, 1.54) is 205 Å². The van der Waals surface area contributed by atoms with Gasteiger partial charge < -0.3 is 51.0 Å². The molecule has 7 N–H and O–H groups in total. The van der Waals surface area contributed by atoms with Crippen molar-refractivity contribution in [2.75, 3.05) is 39.8 Å². The summed E-state index contributed by atoms with van der Waals surface area (Å²) in [4.78, 5) is 74.1. The van der Waals surface area contributed by atoms with Crippen molar-refractivity contribution in [3.8, 4) is 0 Å². The Bertz CT molecular complexity index is 1840. The normalized spacial score (nSPS) is 15.7. The summed E-state index contributed by atoms with van der Waals surface area (Å²) >= 11 is 0. The number of hydrogen-bond acceptors (Lipinski definition) is 9. The molecule has 1 aromatic rings. The Kier molecular flexibility index (Phi) is 45.0. The van der Waals surface area contributed by atoms with E-state index >= 15 is 0 Å². The largest absolute Gasteiger partial charge is 0.481 e. The third-order valence-corrected chi connectivity index (χ3v) is 16.5. The van der Waals surface area contributed by atoms with Gasteiger partial charge in [-0.1, -0.05) is 213 Å². The van der Waals surface area contributed by atoms with E-state index in [1.54, 1.807) is 24.3 Å². The standard InChI is InChI=1S/C67H119N5O11/c1-4-6-8-10-12-14-16-18-20-21-23-25-27-29-31-33-37-50-67(49-36-32-30-28-26-24-22-19-17-15-13-11-9-7-5-2)82-55-58(83-67)48-54-72(3)53-40-34-38-51-68-62(75)56-42-44-57(45-43-56)63(76)69-52-39-35-41-59(64(77)78)70-66(81)71-60(65(79)80)46-47-61(73)74/h42-45,58-60H,4-41,46-55H2,1-3H3,(H,68,75)(H,69,76)(H,73,74)(H,77,78)(H,79,80)(H2,70,71,81). The Morgan fingerprint density at radius 1 is 0.494 bits per heavy atom. The van der Waals surface area contributed by atoms with Gasteiger partial charge in [0.25, 0.3) is 11.8 Å². The molecule has 1 fully saturated rings. The quantitative estimate of drug-likeness (QED) is 0.0302. The van der Waals surface area contributed by atoms with Gasteiger partial charge in [-0.05, 0) is 95.6 Å². The van der Waals surface area contributed by atoms with Crippen molar-refractivity contribution in [3.63, 3.8) is 0 Å². The van der Waals surface area contributed by atoms with Crippen LogP contribution < -0.4 is 21.3 Å². The lowest BCUT2D eigenvalue weighted by molar-refractivity contribution is -0.180. The molecule has 4 atom stereocenters. The number of unbranched alkanes of at least 4 members (excludes halogenated alkanes) is 33. The number of carboxylic acid groups (broad SMARTS) is 3. The van der Waals surface area contributed by atoms with Gasteiger partial charge >= 0.3 is 23.9 Å². The van der Waals surface area contributed by atoms with Gasteiger partial charge in [-0.15, -0.1) is 0 Å². The van der Waals surface area contributed by atoms with Crippen molar-refractivity contribution < 1.29 is 53.6 Å². The van der Waals surface area contributed by atoms with Crippen LogP contribution in [-0.2, 0) is 23.9 Å². The molecule has 4 amide bonds. The number of nitrogens with zero attached hydrogens (tertiary/aromatic N) is 1. The number of aliphatic carboxylic acids is 3. The predicted octanol–water partition coefficient (Wildman–Crippen LogP) is 15.3. The van der Waals surface area contributed by atoms with Crippen LogP contribution in [0.3, 0.4) is 0 Å². The highest BCUT2D eigenvalue weighted by Crippen LogP contribution is 2.36. The molecule has 1 aliphatic heterocycles. The molecule has 0 aromatic heterocycles. The highest BCUT2D eigenvalue weighted by Gasteiger charge is 2.40. The summed E-state index contributed by atoms with van der Waals surface area (Å²) in [5.41, 5.74) is 0.817. The first-order valence-electron chi connectivity index (χ1n) is 33.7. The number of ether oxygens (including phenoxy) is 2. The van der Waals surface area contributed by atoms with Crippen LogP contribution in [-0.4, -0.2) is 120 Å². The summed E-state index contributed by atoms with van der Waals surface area (Å²) in [7, 11) is 2.18. The van der Waals surface area contributed by atoms with Gasteiger partial charge in [0.2, 0.25) is 0 Å². The van der Waals surface area contributed by atoms with Crippen LogP contribution >= 0.6 is 0 Å². The third-order valence-electron chi connectivity index (χ3n) is 16.5. The number of carboxylic acids is 3. The molecule has 1 aromatic carbocycles. The zero-order chi connectivity index (χ0) is 60.4. The summed E-state index contributed by atoms with van der Waals surface area (Å²) in [5, 5.41) is 37.7. The van der Waals surface area contributed by atoms with Gasteiger partial charge in [0.05, 0.1) is 12.7 Å². The average Bonchev–Trinajstić information content (AvgIpc) is 3.93. The van der Waals surface area contributed by atoms with Crippen molar-refractivity contribution in [3.05, 3.63) is 35.4 Å². The van der Waals surface area contributed by atoms with E-state index in [4.69, 9.17) is 14.6 Å². The zero-order valence-electron chi connectivity index (χ0n) is 52.5. The Morgan fingerprint density at radius 3 is 1.24 bits per heavy atom. The number of carbonyl (C=O) groups excluding carboxylic acids is 3. The molecule has 0 spiro atoms. The van der Waals surface area contributed by atoms with Crippen LogP contribution in [0.2, 0.25) is 0 Å². The maximum atomic E-state index is 12.9. The predicted molar refractivity (Wildman–Crippen MR) is 334 cm³/mol. The molecule has 478 valence electrons. The van der Waals surface area contributed by atoms with Gasteiger partial charge in [-0.3, -0.25) is 14.4 Å². The van der Waals surface area contributed by atoms with Crippen LogP contribution in [0.1, 0.15) is 311 Å². The fourth-order valence-corrected chi connectivity index (χ4v) is 11.2. The average molecular weight is 1170 g/mol. The van der Waals surface area contributed by atoms with Gasteiger partial charge in [0.15, 0.2) is 5.79 Å². The minimum Gasteiger partial charge on any atom is -0.481 e. The van der Waals surface area contributed by atoms with Crippen LogP contribution in [0, 0.1) is 0 Å². The lowest BCUT2D eigenvalue weighted by Crippen LogP contribution is -2.51. The molecule has 1 heterocycles. The number of nitrogens with one attached hydrogen (secondary N) is 4. The summed E-state index contributed by atoms with van der Waals surface area (Å²) in [6.07, 6.45) is 49.7. The van der Waals surface area contributed by atoms with Crippen LogP contribution in [0.4, 0.5) is 4.79 Å². The van der Waals surface area contributed by atoms with E-state index in [-0.39, 0.29) is 37.3 Å². The van der Waals surface area contributed by atoms with Crippen LogP contribution in [0.15, 0.2) is 24.3 Å². The van der Waals surface area contributed by atoms with Crippen molar-refractivity contribution in [1.29, 1.82) is 0 Å². The minimum absolute atomic E-state index is 0.0125. The maximum absolute atomic E-state index is 12.9. The van der Waals surface area contributed by atoms with Crippen LogP contribution in [0.25, 0.3) is 0 Å². The van der Waals surface area contributed by atoms with E-state index in [2.05, 4.69) is 47.1 Å². The topological polar surface area (TPSA) is 233 Å². The van der Waals surface area contributed by atoms with E-state index < -0.39 is 48.2 Å². The Hall–Kier alpha value is -4.28. The lowest BCUT2D eigenvalue weighted by Gasteiger charge is -2.29.